The predicted molar refractivity (Wildman–Crippen MR) is 58.0 cm³/mol. The molecule has 15 heavy (non-hydrogen) atoms. The van der Waals surface area contributed by atoms with Gasteiger partial charge in [-0.15, -0.1) is 12.4 Å². The molecule has 0 spiro atoms. The van der Waals surface area contributed by atoms with E-state index in [4.69, 9.17) is 0 Å². The van der Waals surface area contributed by atoms with Crippen LogP contribution in [0.25, 0.3) is 0 Å². The topological polar surface area (TPSA) is 93.0 Å². The maximum absolute atomic E-state index is 9.65. The van der Waals surface area contributed by atoms with Gasteiger partial charge in [0.2, 0.25) is 0 Å². The zero-order valence-electron chi connectivity index (χ0n) is 8.71. The molecule has 1 heterocycles. The standard InChI is InChI=1S/C9H19NO4.ClH/c1-2-3-5-7(12)9(14)8(13)6(11)4-10-5;/h5-14H,2-4H2,1H3;1H/t5-,6+,7-,8+,9+;/m0./s1. The highest BCUT2D eigenvalue weighted by Crippen LogP contribution is 2.15. The number of rotatable bonds is 2. The second-order valence-corrected chi connectivity index (χ2v) is 3.84. The SMILES string of the molecule is CCC[C@@H]1NC[C@@H](O)[C@@H](O)[C@H](O)[C@H]1O.Cl. The molecule has 0 unspecified atom stereocenters. The van der Waals surface area contributed by atoms with Gasteiger partial charge in [0.25, 0.3) is 0 Å². The maximum atomic E-state index is 9.65. The van der Waals surface area contributed by atoms with Gasteiger partial charge < -0.3 is 25.7 Å². The van der Waals surface area contributed by atoms with E-state index >= 15 is 0 Å². The third kappa shape index (κ3) is 3.55. The van der Waals surface area contributed by atoms with Crippen LogP contribution < -0.4 is 5.32 Å². The van der Waals surface area contributed by atoms with Gasteiger partial charge in [-0.3, -0.25) is 0 Å². The molecule has 1 fully saturated rings. The third-order valence-corrected chi connectivity index (χ3v) is 2.70. The fourth-order valence-corrected chi connectivity index (χ4v) is 1.77. The van der Waals surface area contributed by atoms with Gasteiger partial charge in [0.05, 0.1) is 12.2 Å². The average molecular weight is 242 g/mol. The van der Waals surface area contributed by atoms with E-state index in [1.807, 2.05) is 6.92 Å². The van der Waals surface area contributed by atoms with Gasteiger partial charge in [-0.2, -0.15) is 0 Å². The summed E-state index contributed by atoms with van der Waals surface area (Å²) in [7, 11) is 0. The first kappa shape index (κ1) is 15.1. The lowest BCUT2D eigenvalue weighted by Gasteiger charge is -2.25. The molecule has 1 aliphatic rings. The van der Waals surface area contributed by atoms with Crippen molar-refractivity contribution in [1.82, 2.24) is 5.32 Å². The lowest BCUT2D eigenvalue weighted by atomic mass is 9.98. The van der Waals surface area contributed by atoms with Crippen molar-refractivity contribution in [3.63, 3.8) is 0 Å². The Morgan fingerprint density at radius 3 is 2.20 bits per heavy atom. The molecule has 5 atom stereocenters. The van der Waals surface area contributed by atoms with Crippen LogP contribution in [0.4, 0.5) is 0 Å². The van der Waals surface area contributed by atoms with E-state index in [0.717, 1.165) is 6.42 Å². The quantitative estimate of drug-likeness (QED) is 0.411. The molecule has 0 aromatic carbocycles. The Labute approximate surface area is 95.5 Å². The lowest BCUT2D eigenvalue weighted by Crippen LogP contribution is -2.47. The van der Waals surface area contributed by atoms with Crippen molar-refractivity contribution in [2.75, 3.05) is 6.54 Å². The monoisotopic (exact) mass is 241 g/mol. The Balaban J connectivity index is 0.00000196. The first-order valence-corrected chi connectivity index (χ1v) is 5.03. The zero-order chi connectivity index (χ0) is 10.7. The van der Waals surface area contributed by atoms with Gasteiger partial charge in [0, 0.05) is 12.6 Å². The Morgan fingerprint density at radius 1 is 1.07 bits per heavy atom. The summed E-state index contributed by atoms with van der Waals surface area (Å²) in [5, 5.41) is 40.8. The van der Waals surface area contributed by atoms with E-state index in [-0.39, 0.29) is 25.0 Å². The van der Waals surface area contributed by atoms with Gasteiger partial charge in [0.1, 0.15) is 12.2 Å². The first-order valence-electron chi connectivity index (χ1n) is 5.03. The Kier molecular flexibility index (Phi) is 6.66. The fraction of sp³-hybridized carbons (Fsp3) is 1.00. The molecule has 0 aliphatic carbocycles. The van der Waals surface area contributed by atoms with Crippen LogP contribution in [0.2, 0.25) is 0 Å². The number of β-amino-alcohol motifs (C(OH)–C–C–N with tert-alkyl or cyclic N) is 1. The van der Waals surface area contributed by atoms with Crippen molar-refractivity contribution in [3.8, 4) is 0 Å². The molecule has 1 aliphatic heterocycles. The largest absolute Gasteiger partial charge is 0.389 e. The van der Waals surface area contributed by atoms with Gasteiger partial charge >= 0.3 is 0 Å². The molecule has 0 aromatic rings. The average Bonchev–Trinajstić information content (AvgIpc) is 2.26. The van der Waals surface area contributed by atoms with Crippen LogP contribution in [-0.4, -0.2) is 57.4 Å². The van der Waals surface area contributed by atoms with Gasteiger partial charge in [-0.25, -0.2) is 0 Å². The van der Waals surface area contributed by atoms with Crippen molar-refractivity contribution in [1.29, 1.82) is 0 Å². The molecule has 92 valence electrons. The lowest BCUT2D eigenvalue weighted by molar-refractivity contribution is -0.0959. The molecule has 1 rings (SSSR count). The molecule has 0 bridgehead atoms. The van der Waals surface area contributed by atoms with Crippen molar-refractivity contribution in [3.05, 3.63) is 0 Å². The van der Waals surface area contributed by atoms with Gasteiger partial charge in [0.15, 0.2) is 0 Å². The van der Waals surface area contributed by atoms with Crippen LogP contribution in [-0.2, 0) is 0 Å². The molecule has 5 nitrogen and oxygen atoms in total. The van der Waals surface area contributed by atoms with Crippen molar-refractivity contribution >= 4 is 12.4 Å². The van der Waals surface area contributed by atoms with Crippen molar-refractivity contribution < 1.29 is 20.4 Å². The predicted octanol–water partition coefficient (Wildman–Crippen LogP) is -1.38. The molecule has 1 saturated heterocycles. The van der Waals surface area contributed by atoms with Gasteiger partial charge in [-0.1, -0.05) is 13.3 Å². The summed E-state index contributed by atoms with van der Waals surface area (Å²) in [5.74, 6) is 0. The number of aliphatic hydroxyl groups excluding tert-OH is 4. The minimum atomic E-state index is -1.28. The number of hydrogen-bond donors (Lipinski definition) is 5. The van der Waals surface area contributed by atoms with Crippen LogP contribution in [0.5, 0.6) is 0 Å². The van der Waals surface area contributed by atoms with Crippen LogP contribution in [0, 0.1) is 0 Å². The molecule has 6 heteroatoms. The highest BCUT2D eigenvalue weighted by molar-refractivity contribution is 5.85. The summed E-state index contributed by atoms with van der Waals surface area (Å²) < 4.78 is 0. The van der Waals surface area contributed by atoms with E-state index in [0.29, 0.717) is 6.42 Å². The Bertz CT molecular complexity index is 183. The molecule has 0 radical (unpaired) electrons. The molecular weight excluding hydrogens is 222 g/mol. The summed E-state index contributed by atoms with van der Waals surface area (Å²) >= 11 is 0. The summed E-state index contributed by atoms with van der Waals surface area (Å²) in [6, 6.07) is -0.262. The zero-order valence-corrected chi connectivity index (χ0v) is 9.52. The van der Waals surface area contributed by atoms with Crippen molar-refractivity contribution in [2.24, 2.45) is 0 Å². The minimum Gasteiger partial charge on any atom is -0.389 e. The third-order valence-electron chi connectivity index (χ3n) is 2.70. The Morgan fingerprint density at radius 2 is 1.67 bits per heavy atom. The Hall–Kier alpha value is 0.0900. The molecule has 0 saturated carbocycles. The minimum absolute atomic E-state index is 0. The van der Waals surface area contributed by atoms with Crippen LogP contribution in [0.15, 0.2) is 0 Å². The van der Waals surface area contributed by atoms with Crippen LogP contribution >= 0.6 is 12.4 Å². The summed E-state index contributed by atoms with van der Waals surface area (Å²) in [6.45, 7) is 2.17. The highest BCUT2D eigenvalue weighted by atomic mass is 35.5. The van der Waals surface area contributed by atoms with E-state index in [9.17, 15) is 20.4 Å². The molecular formula is C9H20ClNO4. The van der Waals surface area contributed by atoms with Crippen molar-refractivity contribution in [2.45, 2.75) is 50.2 Å². The maximum Gasteiger partial charge on any atom is 0.110 e. The molecule has 0 aromatic heterocycles. The second kappa shape index (κ2) is 6.62. The second-order valence-electron chi connectivity index (χ2n) is 3.84. The van der Waals surface area contributed by atoms with Crippen LogP contribution in [0.1, 0.15) is 19.8 Å². The van der Waals surface area contributed by atoms with E-state index in [1.165, 1.54) is 0 Å². The summed E-state index contributed by atoms with van der Waals surface area (Å²) in [6.07, 6.45) is -3.04. The summed E-state index contributed by atoms with van der Waals surface area (Å²) in [5.41, 5.74) is 0. The number of hydrogen-bond acceptors (Lipinski definition) is 5. The fourth-order valence-electron chi connectivity index (χ4n) is 1.77. The first-order chi connectivity index (χ1) is 6.57. The highest BCUT2D eigenvalue weighted by Gasteiger charge is 2.37. The number of halogens is 1. The molecule has 5 N–H and O–H groups in total. The van der Waals surface area contributed by atoms with E-state index in [1.54, 1.807) is 0 Å². The van der Waals surface area contributed by atoms with E-state index < -0.39 is 24.4 Å². The normalized spacial score (nSPS) is 41.8. The van der Waals surface area contributed by atoms with E-state index in [2.05, 4.69) is 5.32 Å². The molecule has 0 amide bonds. The van der Waals surface area contributed by atoms with Crippen LogP contribution in [0.3, 0.4) is 0 Å². The van der Waals surface area contributed by atoms with Gasteiger partial charge in [-0.05, 0) is 6.42 Å². The number of aliphatic hydroxyl groups is 4. The summed E-state index contributed by atoms with van der Waals surface area (Å²) in [4.78, 5) is 0. The number of nitrogens with one attached hydrogen (secondary N) is 1. The smallest absolute Gasteiger partial charge is 0.110 e.